The molecule has 9 nitrogen and oxygen atoms in total. The smallest absolute Gasteiger partial charge is 0.271 e. The molecule has 1 heterocycles. The van der Waals surface area contributed by atoms with Crippen LogP contribution >= 0.6 is 35.0 Å². The molecule has 0 radical (unpaired) electrons. The minimum Gasteiger partial charge on any atom is -0.335 e. The van der Waals surface area contributed by atoms with E-state index in [1.807, 2.05) is 0 Å². The lowest BCUT2D eigenvalue weighted by atomic mass is 10.2. The Hall–Kier alpha value is -2.82. The summed E-state index contributed by atoms with van der Waals surface area (Å²) in [6.07, 6.45) is 0. The number of nitro groups is 1. The molecule has 12 heteroatoms. The predicted molar refractivity (Wildman–Crippen MR) is 108 cm³/mol. The van der Waals surface area contributed by atoms with Crippen molar-refractivity contribution in [2.24, 2.45) is 0 Å². The average Bonchev–Trinajstić information content (AvgIpc) is 3.02. The van der Waals surface area contributed by atoms with E-state index in [4.69, 9.17) is 29.0 Å². The first-order valence-corrected chi connectivity index (χ1v) is 9.42. The molecule has 0 spiro atoms. The van der Waals surface area contributed by atoms with Crippen LogP contribution in [0.1, 0.15) is 0 Å². The quantitative estimate of drug-likeness (QED) is 0.260. The molecule has 0 bridgehead atoms. The Morgan fingerprint density at radius 3 is 2.71 bits per heavy atom. The lowest BCUT2D eigenvalue weighted by molar-refractivity contribution is -0.384. The van der Waals surface area contributed by atoms with Gasteiger partial charge < -0.3 is 11.2 Å². The van der Waals surface area contributed by atoms with Gasteiger partial charge in [-0.1, -0.05) is 47.1 Å². The molecule has 1 amide bonds. The summed E-state index contributed by atoms with van der Waals surface area (Å²) in [5, 5.41) is 22.2. The second kappa shape index (κ2) is 8.46. The molecule has 144 valence electrons. The number of hydrogen-bond acceptors (Lipinski definition) is 7. The van der Waals surface area contributed by atoms with Crippen LogP contribution in [0.3, 0.4) is 0 Å². The maximum Gasteiger partial charge on any atom is 0.271 e. The number of non-ortho nitro benzene ring substituents is 1. The number of nitrogens with one attached hydrogen (secondary N) is 1. The van der Waals surface area contributed by atoms with Crippen LogP contribution in [-0.4, -0.2) is 31.5 Å². The molecule has 0 fully saturated rings. The normalized spacial score (nSPS) is 10.6. The van der Waals surface area contributed by atoms with Crippen LogP contribution in [0.5, 0.6) is 0 Å². The number of nitrogens with two attached hydrogens (primary N) is 1. The van der Waals surface area contributed by atoms with E-state index >= 15 is 0 Å². The summed E-state index contributed by atoms with van der Waals surface area (Å²) in [7, 11) is 0. The minimum atomic E-state index is -0.571. The van der Waals surface area contributed by atoms with Gasteiger partial charge in [0.25, 0.3) is 5.69 Å². The van der Waals surface area contributed by atoms with E-state index in [-0.39, 0.29) is 28.1 Å². The minimum absolute atomic E-state index is 0.0157. The summed E-state index contributed by atoms with van der Waals surface area (Å²) in [6, 6.07) is 10.8. The van der Waals surface area contributed by atoms with Gasteiger partial charge in [0.05, 0.1) is 21.4 Å². The third kappa shape index (κ3) is 4.53. The fourth-order valence-electron chi connectivity index (χ4n) is 2.24. The van der Waals surface area contributed by atoms with Gasteiger partial charge in [-0.15, -0.1) is 10.2 Å². The molecule has 0 saturated heterocycles. The van der Waals surface area contributed by atoms with E-state index in [0.717, 1.165) is 17.8 Å². The fourth-order valence-corrected chi connectivity index (χ4v) is 3.30. The number of carbonyl (C=O) groups is 1. The van der Waals surface area contributed by atoms with Crippen molar-refractivity contribution in [3.8, 4) is 11.4 Å². The first kappa shape index (κ1) is 19.9. The molecule has 2 aromatic carbocycles. The van der Waals surface area contributed by atoms with E-state index in [9.17, 15) is 14.9 Å². The van der Waals surface area contributed by atoms with Gasteiger partial charge in [0.2, 0.25) is 11.1 Å². The van der Waals surface area contributed by atoms with E-state index in [1.165, 1.54) is 16.8 Å². The Morgan fingerprint density at radius 2 is 2.04 bits per heavy atom. The summed E-state index contributed by atoms with van der Waals surface area (Å²) in [4.78, 5) is 22.3. The molecule has 0 saturated carbocycles. The van der Waals surface area contributed by atoms with Crippen molar-refractivity contribution < 1.29 is 9.72 Å². The fraction of sp³-hybridized carbons (Fsp3) is 0.0625. The van der Waals surface area contributed by atoms with Crippen molar-refractivity contribution in [2.75, 3.05) is 16.9 Å². The van der Waals surface area contributed by atoms with Gasteiger partial charge >= 0.3 is 0 Å². The number of benzene rings is 2. The Morgan fingerprint density at radius 1 is 1.25 bits per heavy atom. The number of nitrogen functional groups attached to an aromatic ring is 1. The summed E-state index contributed by atoms with van der Waals surface area (Å²) >= 11 is 13.0. The lowest BCUT2D eigenvalue weighted by Gasteiger charge is -2.07. The highest BCUT2D eigenvalue weighted by atomic mass is 35.5. The second-order valence-electron chi connectivity index (χ2n) is 5.44. The number of hydrogen-bond donors (Lipinski definition) is 2. The monoisotopic (exact) mass is 438 g/mol. The van der Waals surface area contributed by atoms with Gasteiger partial charge in [-0.2, -0.15) is 0 Å². The number of aromatic nitrogens is 3. The SMILES string of the molecule is Nn1c(SCC(=O)Nc2ccc([N+](=O)[O-])cc2Cl)nnc1-c1cccc(Cl)c1. The Kier molecular flexibility index (Phi) is 6.02. The third-order valence-electron chi connectivity index (χ3n) is 3.52. The van der Waals surface area contributed by atoms with Crippen molar-refractivity contribution in [2.45, 2.75) is 5.16 Å². The maximum absolute atomic E-state index is 12.1. The van der Waals surface area contributed by atoms with Gasteiger partial charge in [-0.3, -0.25) is 14.9 Å². The number of anilines is 1. The molecule has 0 aliphatic heterocycles. The Bertz CT molecular complexity index is 1060. The van der Waals surface area contributed by atoms with Crippen molar-refractivity contribution in [3.05, 3.63) is 62.6 Å². The molecule has 3 rings (SSSR count). The van der Waals surface area contributed by atoms with Crippen molar-refractivity contribution in [1.29, 1.82) is 0 Å². The molecule has 28 heavy (non-hydrogen) atoms. The molecule has 3 N–H and O–H groups in total. The van der Waals surface area contributed by atoms with Crippen molar-refractivity contribution in [1.82, 2.24) is 14.9 Å². The number of thioether (sulfide) groups is 1. The van der Waals surface area contributed by atoms with E-state index in [1.54, 1.807) is 24.3 Å². The van der Waals surface area contributed by atoms with E-state index < -0.39 is 4.92 Å². The highest BCUT2D eigenvalue weighted by molar-refractivity contribution is 7.99. The molecule has 0 unspecified atom stereocenters. The third-order valence-corrected chi connectivity index (χ3v) is 5.01. The highest BCUT2D eigenvalue weighted by Crippen LogP contribution is 2.27. The summed E-state index contributed by atoms with van der Waals surface area (Å²) < 4.78 is 1.27. The number of rotatable bonds is 6. The predicted octanol–water partition coefficient (Wildman–Crippen LogP) is 3.60. The van der Waals surface area contributed by atoms with Crippen LogP contribution in [0.2, 0.25) is 10.0 Å². The molecule has 1 aromatic heterocycles. The zero-order chi connectivity index (χ0) is 20.3. The lowest BCUT2D eigenvalue weighted by Crippen LogP contribution is -2.16. The zero-order valence-electron chi connectivity index (χ0n) is 14.0. The highest BCUT2D eigenvalue weighted by Gasteiger charge is 2.15. The van der Waals surface area contributed by atoms with Crippen LogP contribution < -0.4 is 11.2 Å². The Balaban J connectivity index is 1.65. The van der Waals surface area contributed by atoms with Gasteiger partial charge in [-0.25, -0.2) is 4.68 Å². The number of nitrogens with zero attached hydrogens (tertiary/aromatic N) is 4. The van der Waals surface area contributed by atoms with Crippen molar-refractivity contribution in [3.63, 3.8) is 0 Å². The number of carbonyl (C=O) groups excluding carboxylic acids is 1. The van der Waals surface area contributed by atoms with Gasteiger partial charge in [0.1, 0.15) is 0 Å². The largest absolute Gasteiger partial charge is 0.335 e. The number of halogens is 2. The molecular formula is C16H12Cl2N6O3S. The number of amides is 1. The summed E-state index contributed by atoms with van der Waals surface area (Å²) in [5.41, 5.74) is 0.797. The van der Waals surface area contributed by atoms with Gasteiger partial charge in [0.15, 0.2) is 5.82 Å². The standard InChI is InChI=1S/C16H12Cl2N6O3S/c17-10-3-1-2-9(6-10)15-21-22-16(23(15)19)28-8-14(25)20-13-5-4-11(24(26)27)7-12(13)18/h1-7H,8,19H2,(H,20,25). The van der Waals surface area contributed by atoms with Crippen LogP contribution in [0.25, 0.3) is 11.4 Å². The first-order chi connectivity index (χ1) is 13.3. The average molecular weight is 439 g/mol. The molecule has 0 aliphatic carbocycles. The molecule has 0 aliphatic rings. The van der Waals surface area contributed by atoms with Crippen LogP contribution in [0, 0.1) is 10.1 Å². The Labute approximate surface area is 173 Å². The molecule has 3 aromatic rings. The van der Waals surface area contributed by atoms with Gasteiger partial charge in [0, 0.05) is 22.7 Å². The maximum atomic E-state index is 12.1. The zero-order valence-corrected chi connectivity index (χ0v) is 16.3. The second-order valence-corrected chi connectivity index (χ2v) is 7.23. The summed E-state index contributed by atoms with van der Waals surface area (Å²) in [5.74, 6) is 6.01. The number of nitro benzene ring substituents is 1. The van der Waals surface area contributed by atoms with E-state index in [2.05, 4.69) is 15.5 Å². The molecule has 0 atom stereocenters. The first-order valence-electron chi connectivity index (χ1n) is 7.68. The van der Waals surface area contributed by atoms with Gasteiger partial charge in [-0.05, 0) is 18.2 Å². The topological polar surface area (TPSA) is 129 Å². The van der Waals surface area contributed by atoms with Crippen LogP contribution in [0.15, 0.2) is 47.6 Å². The molecular weight excluding hydrogens is 427 g/mol. The summed E-state index contributed by atoms with van der Waals surface area (Å²) in [6.45, 7) is 0. The van der Waals surface area contributed by atoms with Crippen molar-refractivity contribution >= 4 is 52.2 Å². The van der Waals surface area contributed by atoms with Crippen LogP contribution in [-0.2, 0) is 4.79 Å². The van der Waals surface area contributed by atoms with E-state index in [0.29, 0.717) is 21.6 Å². The van der Waals surface area contributed by atoms with Crippen LogP contribution in [0.4, 0.5) is 11.4 Å².